The zero-order chi connectivity index (χ0) is 19.4. The second-order valence-corrected chi connectivity index (χ2v) is 7.16. The summed E-state index contributed by atoms with van der Waals surface area (Å²) in [6, 6.07) is 13.5. The normalized spacial score (nSPS) is 10.7. The third-order valence-corrected chi connectivity index (χ3v) is 5.04. The zero-order valence-corrected chi connectivity index (χ0v) is 16.6. The minimum Gasteiger partial charge on any atom is -0.497 e. The highest BCUT2D eigenvalue weighted by atomic mass is 32.2. The van der Waals surface area contributed by atoms with Crippen molar-refractivity contribution in [1.82, 2.24) is 14.8 Å². The van der Waals surface area contributed by atoms with E-state index in [1.54, 1.807) is 7.11 Å². The lowest BCUT2D eigenvalue weighted by Crippen LogP contribution is -2.14. The molecule has 0 saturated heterocycles. The van der Waals surface area contributed by atoms with Crippen molar-refractivity contribution >= 4 is 23.4 Å². The number of hydrogen-bond donors (Lipinski definition) is 1. The van der Waals surface area contributed by atoms with Crippen LogP contribution in [0.3, 0.4) is 0 Å². The first-order valence-electron chi connectivity index (χ1n) is 8.54. The lowest BCUT2D eigenvalue weighted by Gasteiger charge is -2.12. The standard InChI is InChI=1S/C20H22N4O2S/c1-13-5-6-14(2)18(11-13)24-15(3)22-23-20(24)27-12-19(25)21-16-7-9-17(26-4)10-8-16/h5-11H,12H2,1-4H3,(H,21,25). The topological polar surface area (TPSA) is 69.0 Å². The fourth-order valence-electron chi connectivity index (χ4n) is 2.68. The molecule has 0 aliphatic heterocycles. The molecule has 1 heterocycles. The number of methoxy groups -OCH3 is 1. The van der Waals surface area contributed by atoms with Gasteiger partial charge in [-0.3, -0.25) is 9.36 Å². The summed E-state index contributed by atoms with van der Waals surface area (Å²) in [4.78, 5) is 12.3. The fourth-order valence-corrected chi connectivity index (χ4v) is 3.47. The molecule has 3 aromatic rings. The maximum Gasteiger partial charge on any atom is 0.234 e. The van der Waals surface area contributed by atoms with E-state index in [4.69, 9.17) is 4.74 Å². The highest BCUT2D eigenvalue weighted by molar-refractivity contribution is 7.99. The number of benzene rings is 2. The van der Waals surface area contributed by atoms with Crippen LogP contribution in [0.2, 0.25) is 0 Å². The Morgan fingerprint density at radius 3 is 2.56 bits per heavy atom. The molecule has 0 spiro atoms. The van der Waals surface area contributed by atoms with Gasteiger partial charge in [0.2, 0.25) is 5.91 Å². The first-order chi connectivity index (χ1) is 13.0. The van der Waals surface area contributed by atoms with Gasteiger partial charge in [-0.25, -0.2) is 0 Å². The summed E-state index contributed by atoms with van der Waals surface area (Å²) in [5, 5.41) is 12.0. The van der Waals surface area contributed by atoms with Crippen LogP contribution >= 0.6 is 11.8 Å². The van der Waals surface area contributed by atoms with Crippen LogP contribution in [0.1, 0.15) is 17.0 Å². The largest absolute Gasteiger partial charge is 0.497 e. The lowest BCUT2D eigenvalue weighted by molar-refractivity contribution is -0.113. The van der Waals surface area contributed by atoms with E-state index < -0.39 is 0 Å². The van der Waals surface area contributed by atoms with Crippen molar-refractivity contribution in [2.24, 2.45) is 0 Å². The van der Waals surface area contributed by atoms with Crippen molar-refractivity contribution in [2.45, 2.75) is 25.9 Å². The molecule has 3 rings (SSSR count). The zero-order valence-electron chi connectivity index (χ0n) is 15.8. The maximum absolute atomic E-state index is 12.3. The van der Waals surface area contributed by atoms with E-state index in [0.29, 0.717) is 5.16 Å². The molecule has 0 unspecified atom stereocenters. The molecular formula is C20H22N4O2S. The average molecular weight is 382 g/mol. The van der Waals surface area contributed by atoms with Crippen LogP contribution in [0.5, 0.6) is 5.75 Å². The number of aromatic nitrogens is 3. The molecule has 0 atom stereocenters. The summed E-state index contributed by atoms with van der Waals surface area (Å²) in [5.41, 5.74) is 4.06. The van der Waals surface area contributed by atoms with E-state index in [9.17, 15) is 4.79 Å². The molecule has 1 aromatic heterocycles. The number of thioether (sulfide) groups is 1. The van der Waals surface area contributed by atoms with E-state index in [0.717, 1.165) is 34.1 Å². The molecule has 0 fully saturated rings. The Morgan fingerprint density at radius 2 is 1.85 bits per heavy atom. The summed E-state index contributed by atoms with van der Waals surface area (Å²) < 4.78 is 7.11. The summed E-state index contributed by atoms with van der Waals surface area (Å²) >= 11 is 1.36. The van der Waals surface area contributed by atoms with Gasteiger partial charge in [0, 0.05) is 5.69 Å². The van der Waals surface area contributed by atoms with Crippen LogP contribution in [0, 0.1) is 20.8 Å². The molecule has 27 heavy (non-hydrogen) atoms. The van der Waals surface area contributed by atoms with E-state index in [2.05, 4.69) is 47.6 Å². The minimum atomic E-state index is -0.0988. The van der Waals surface area contributed by atoms with Gasteiger partial charge in [0.25, 0.3) is 0 Å². The van der Waals surface area contributed by atoms with Crippen molar-refractivity contribution in [3.8, 4) is 11.4 Å². The van der Waals surface area contributed by atoms with Gasteiger partial charge < -0.3 is 10.1 Å². The SMILES string of the molecule is COc1ccc(NC(=O)CSc2nnc(C)n2-c2cc(C)ccc2C)cc1. The Labute approximate surface area is 163 Å². The molecule has 0 bridgehead atoms. The number of anilines is 1. The maximum atomic E-state index is 12.3. The van der Waals surface area contributed by atoms with Crippen molar-refractivity contribution in [3.05, 3.63) is 59.4 Å². The van der Waals surface area contributed by atoms with Gasteiger partial charge in [-0.05, 0) is 62.2 Å². The van der Waals surface area contributed by atoms with Crippen LogP contribution in [-0.2, 0) is 4.79 Å². The van der Waals surface area contributed by atoms with E-state index >= 15 is 0 Å². The molecule has 0 saturated carbocycles. The fraction of sp³-hybridized carbons (Fsp3) is 0.250. The van der Waals surface area contributed by atoms with Gasteiger partial charge in [0.05, 0.1) is 18.6 Å². The molecule has 7 heteroatoms. The van der Waals surface area contributed by atoms with Crippen LogP contribution in [-0.4, -0.2) is 33.5 Å². The van der Waals surface area contributed by atoms with Crippen molar-refractivity contribution in [1.29, 1.82) is 0 Å². The van der Waals surface area contributed by atoms with Gasteiger partial charge in [-0.15, -0.1) is 10.2 Å². The smallest absolute Gasteiger partial charge is 0.234 e. The van der Waals surface area contributed by atoms with Crippen LogP contribution < -0.4 is 10.1 Å². The first-order valence-corrected chi connectivity index (χ1v) is 9.53. The molecular weight excluding hydrogens is 360 g/mol. The Bertz CT molecular complexity index is 951. The van der Waals surface area contributed by atoms with Gasteiger partial charge in [0.1, 0.15) is 11.6 Å². The Morgan fingerprint density at radius 1 is 1.11 bits per heavy atom. The Balaban J connectivity index is 1.71. The van der Waals surface area contributed by atoms with E-state index in [-0.39, 0.29) is 11.7 Å². The number of ether oxygens (including phenoxy) is 1. The molecule has 0 aliphatic rings. The first kappa shape index (κ1) is 19.0. The second kappa shape index (κ2) is 8.26. The van der Waals surface area contributed by atoms with Crippen LogP contribution in [0.4, 0.5) is 5.69 Å². The third-order valence-electron chi connectivity index (χ3n) is 4.11. The van der Waals surface area contributed by atoms with Crippen LogP contribution in [0.25, 0.3) is 5.69 Å². The summed E-state index contributed by atoms with van der Waals surface area (Å²) in [6.07, 6.45) is 0. The Hall–Kier alpha value is -2.80. The number of aryl methyl sites for hydroxylation is 3. The number of carbonyl (C=O) groups is 1. The molecule has 0 radical (unpaired) electrons. The molecule has 1 amide bonds. The molecule has 6 nitrogen and oxygen atoms in total. The predicted octanol–water partition coefficient (Wildman–Crippen LogP) is 3.93. The second-order valence-electron chi connectivity index (χ2n) is 6.22. The number of rotatable bonds is 6. The van der Waals surface area contributed by atoms with E-state index in [1.807, 2.05) is 35.8 Å². The summed E-state index contributed by atoms with van der Waals surface area (Å²) in [5.74, 6) is 1.69. The number of nitrogens with one attached hydrogen (secondary N) is 1. The van der Waals surface area contributed by atoms with Gasteiger partial charge >= 0.3 is 0 Å². The predicted molar refractivity (Wildman–Crippen MR) is 108 cm³/mol. The number of nitrogens with zero attached hydrogens (tertiary/aromatic N) is 3. The van der Waals surface area contributed by atoms with Crippen LogP contribution in [0.15, 0.2) is 47.6 Å². The number of amides is 1. The van der Waals surface area contributed by atoms with Gasteiger partial charge in [0.15, 0.2) is 5.16 Å². The quantitative estimate of drug-likeness (QED) is 0.654. The average Bonchev–Trinajstić information content (AvgIpc) is 3.03. The minimum absolute atomic E-state index is 0.0988. The lowest BCUT2D eigenvalue weighted by atomic mass is 10.1. The summed E-state index contributed by atoms with van der Waals surface area (Å²) in [7, 11) is 1.61. The van der Waals surface area contributed by atoms with Gasteiger partial charge in [-0.1, -0.05) is 23.9 Å². The highest BCUT2D eigenvalue weighted by Crippen LogP contribution is 2.25. The van der Waals surface area contributed by atoms with Crippen molar-refractivity contribution < 1.29 is 9.53 Å². The molecule has 2 aromatic carbocycles. The van der Waals surface area contributed by atoms with Gasteiger partial charge in [-0.2, -0.15) is 0 Å². The molecule has 1 N–H and O–H groups in total. The third kappa shape index (κ3) is 4.49. The monoisotopic (exact) mass is 382 g/mol. The van der Waals surface area contributed by atoms with E-state index in [1.165, 1.54) is 11.8 Å². The number of hydrogen-bond acceptors (Lipinski definition) is 5. The van der Waals surface area contributed by atoms with Crippen molar-refractivity contribution in [2.75, 3.05) is 18.2 Å². The number of carbonyl (C=O) groups excluding carboxylic acids is 1. The molecule has 140 valence electrons. The van der Waals surface area contributed by atoms with Crippen molar-refractivity contribution in [3.63, 3.8) is 0 Å². The molecule has 0 aliphatic carbocycles. The summed E-state index contributed by atoms with van der Waals surface area (Å²) in [6.45, 7) is 6.02. The Kier molecular flexibility index (Phi) is 5.81. The highest BCUT2D eigenvalue weighted by Gasteiger charge is 2.15.